The summed E-state index contributed by atoms with van der Waals surface area (Å²) >= 11 is 0. The van der Waals surface area contributed by atoms with Crippen LogP contribution in [0.25, 0.3) is 22.3 Å². The summed E-state index contributed by atoms with van der Waals surface area (Å²) < 4.78 is 0. The Kier molecular flexibility index (Phi) is 8.97. The van der Waals surface area contributed by atoms with Gasteiger partial charge in [-0.2, -0.15) is 0 Å². The Balaban J connectivity index is 1.00. The van der Waals surface area contributed by atoms with Crippen molar-refractivity contribution in [2.24, 2.45) is 5.92 Å². The molecule has 0 bridgehead atoms. The van der Waals surface area contributed by atoms with Crippen molar-refractivity contribution in [3.8, 4) is 22.3 Å². The molecule has 8 aromatic rings. The molecule has 1 nitrogen and oxygen atoms in total. The molecule has 0 saturated carbocycles. The molecule has 63 heavy (non-hydrogen) atoms. The van der Waals surface area contributed by atoms with Gasteiger partial charge in [0.1, 0.15) is 0 Å². The maximum absolute atomic E-state index is 2.55. The molecule has 2 unspecified atom stereocenters. The van der Waals surface area contributed by atoms with Crippen LogP contribution in [0.2, 0.25) is 0 Å². The molecule has 0 aromatic heterocycles. The third-order valence-electron chi connectivity index (χ3n) is 14.3. The molecule has 12 rings (SSSR count). The van der Waals surface area contributed by atoms with E-state index >= 15 is 0 Å². The molecule has 4 aliphatic rings. The van der Waals surface area contributed by atoms with Crippen molar-refractivity contribution in [3.63, 3.8) is 0 Å². The Bertz CT molecular complexity index is 3030. The molecule has 0 aliphatic heterocycles. The first kappa shape index (κ1) is 37.3. The van der Waals surface area contributed by atoms with Crippen molar-refractivity contribution >= 4 is 17.1 Å². The van der Waals surface area contributed by atoms with Crippen molar-refractivity contribution < 1.29 is 0 Å². The van der Waals surface area contributed by atoms with Gasteiger partial charge in [0.25, 0.3) is 0 Å². The molecule has 1 heteroatoms. The predicted molar refractivity (Wildman–Crippen MR) is 262 cm³/mol. The van der Waals surface area contributed by atoms with Gasteiger partial charge in [0, 0.05) is 28.9 Å². The van der Waals surface area contributed by atoms with Gasteiger partial charge in [-0.05, 0) is 122 Å². The van der Waals surface area contributed by atoms with Crippen molar-refractivity contribution in [3.05, 3.63) is 293 Å². The molecule has 8 aromatic carbocycles. The van der Waals surface area contributed by atoms with Gasteiger partial charge in [-0.1, -0.05) is 206 Å². The molecule has 0 fully saturated rings. The molecule has 0 heterocycles. The molecule has 1 spiro atoms. The van der Waals surface area contributed by atoms with E-state index in [1.54, 1.807) is 0 Å². The Morgan fingerprint density at radius 2 is 0.952 bits per heavy atom. The number of nitrogens with zero attached hydrogens (tertiary/aromatic N) is 1. The number of para-hydroxylation sites is 2. The molecule has 0 amide bonds. The van der Waals surface area contributed by atoms with Gasteiger partial charge in [0.2, 0.25) is 0 Å². The highest BCUT2D eigenvalue weighted by atomic mass is 15.1. The van der Waals surface area contributed by atoms with E-state index in [-0.39, 0.29) is 11.8 Å². The predicted octanol–water partition coefficient (Wildman–Crippen LogP) is 15.6. The molecule has 0 saturated heterocycles. The Morgan fingerprint density at radius 3 is 1.57 bits per heavy atom. The Morgan fingerprint density at radius 1 is 0.413 bits per heavy atom. The topological polar surface area (TPSA) is 3.24 Å². The largest absolute Gasteiger partial charge is 0.310 e. The summed E-state index contributed by atoms with van der Waals surface area (Å²) in [6, 6.07) is 76.9. The van der Waals surface area contributed by atoms with E-state index in [0.29, 0.717) is 0 Å². The van der Waals surface area contributed by atoms with Crippen LogP contribution in [0, 0.1) is 5.92 Å². The highest BCUT2D eigenvalue weighted by Crippen LogP contribution is 2.67. The second kappa shape index (κ2) is 15.2. The maximum atomic E-state index is 2.55. The highest BCUT2D eigenvalue weighted by Gasteiger charge is 2.60. The average molecular weight is 806 g/mol. The SMILES string of the molecule is C1=CC2c3ccc(-c4ccc(-c5cccc(N(c6ccccc6)c6ccccc6)c5)cc4)cc3C3(c4ccccc4C(C4=CCCC=C4)(c4ccccc4)c4ccccc43)C2C=C1. The molecular weight excluding hydrogens is 759 g/mol. The van der Waals surface area contributed by atoms with Gasteiger partial charge in [-0.15, -0.1) is 0 Å². The summed E-state index contributed by atoms with van der Waals surface area (Å²) in [6.45, 7) is 0. The zero-order valence-electron chi connectivity index (χ0n) is 35.2. The van der Waals surface area contributed by atoms with Crippen LogP contribution in [0.4, 0.5) is 17.1 Å². The fourth-order valence-corrected chi connectivity index (χ4v) is 11.8. The molecule has 0 radical (unpaired) electrons. The van der Waals surface area contributed by atoms with Crippen LogP contribution in [0.1, 0.15) is 57.7 Å². The number of fused-ring (bicyclic) bond motifs is 9. The number of allylic oxidation sites excluding steroid dienone is 8. The lowest BCUT2D eigenvalue weighted by Gasteiger charge is -2.52. The fourth-order valence-electron chi connectivity index (χ4n) is 11.8. The standard InChI is InChI=1S/C62H47N/c1-5-21-48(22-6-1)61(49-23-7-2-8-24-49)56-32-15-17-34-58(56)62(59-35-18-16-33-57(59)61)55-31-14-13-30-53(55)54-41-40-47(43-60(54)62)45-38-36-44(37-39-45)46-20-19-29-52(42-46)63(50-25-9-3-10-26-50)51-27-11-4-12-28-51/h1,3-7,9-43,53,55H,2,8H2. The van der Waals surface area contributed by atoms with Crippen LogP contribution in [-0.2, 0) is 10.8 Å². The minimum Gasteiger partial charge on any atom is -0.310 e. The quantitative estimate of drug-likeness (QED) is 0.155. The zero-order valence-corrected chi connectivity index (χ0v) is 35.2. The monoisotopic (exact) mass is 805 g/mol. The van der Waals surface area contributed by atoms with E-state index < -0.39 is 10.8 Å². The third kappa shape index (κ3) is 5.69. The summed E-state index contributed by atoms with van der Waals surface area (Å²) in [6.07, 6.45) is 18.9. The summed E-state index contributed by atoms with van der Waals surface area (Å²) in [5.74, 6) is 0.486. The van der Waals surface area contributed by atoms with Crippen molar-refractivity contribution in [2.45, 2.75) is 29.6 Å². The first-order valence-corrected chi connectivity index (χ1v) is 22.5. The van der Waals surface area contributed by atoms with Gasteiger partial charge in [0.15, 0.2) is 0 Å². The van der Waals surface area contributed by atoms with Gasteiger partial charge in [-0.25, -0.2) is 0 Å². The summed E-state index contributed by atoms with van der Waals surface area (Å²) in [7, 11) is 0. The van der Waals surface area contributed by atoms with Crippen LogP contribution in [0.15, 0.2) is 254 Å². The first-order valence-electron chi connectivity index (χ1n) is 22.5. The summed E-state index contributed by atoms with van der Waals surface area (Å²) in [4.78, 5) is 2.33. The smallest absolute Gasteiger partial charge is 0.0704 e. The van der Waals surface area contributed by atoms with E-state index in [1.807, 2.05) is 0 Å². The normalized spacial score (nSPS) is 21.2. The van der Waals surface area contributed by atoms with Crippen LogP contribution in [-0.4, -0.2) is 0 Å². The van der Waals surface area contributed by atoms with E-state index in [2.05, 4.69) is 254 Å². The Labute approximate surface area is 371 Å². The number of hydrogen-bond acceptors (Lipinski definition) is 1. The van der Waals surface area contributed by atoms with Gasteiger partial charge in [-0.3, -0.25) is 0 Å². The van der Waals surface area contributed by atoms with E-state index in [4.69, 9.17) is 0 Å². The van der Waals surface area contributed by atoms with E-state index in [0.717, 1.165) is 29.9 Å². The third-order valence-corrected chi connectivity index (χ3v) is 14.3. The van der Waals surface area contributed by atoms with E-state index in [9.17, 15) is 0 Å². The number of anilines is 3. The van der Waals surface area contributed by atoms with Gasteiger partial charge in [0.05, 0.1) is 10.8 Å². The van der Waals surface area contributed by atoms with Gasteiger partial charge < -0.3 is 4.90 Å². The van der Waals surface area contributed by atoms with Crippen molar-refractivity contribution in [2.75, 3.05) is 4.90 Å². The second-order valence-electron chi connectivity index (χ2n) is 17.4. The summed E-state index contributed by atoms with van der Waals surface area (Å²) in [5.41, 5.74) is 18.5. The minimum absolute atomic E-state index is 0.223. The van der Waals surface area contributed by atoms with Crippen LogP contribution >= 0.6 is 0 Å². The number of rotatable bonds is 7. The second-order valence-corrected chi connectivity index (χ2v) is 17.4. The lowest BCUT2D eigenvalue weighted by Crippen LogP contribution is -2.47. The number of hydrogen-bond donors (Lipinski definition) is 0. The minimum atomic E-state index is -0.451. The van der Waals surface area contributed by atoms with E-state index in [1.165, 1.54) is 66.8 Å². The lowest BCUT2D eigenvalue weighted by molar-refractivity contribution is 0.430. The zero-order chi connectivity index (χ0) is 41.8. The fraction of sp³-hybridized carbons (Fsp3) is 0.0968. The molecule has 0 N–H and O–H groups in total. The molecule has 2 atom stereocenters. The molecular formula is C62H47N. The summed E-state index contributed by atoms with van der Waals surface area (Å²) in [5, 5.41) is 0. The van der Waals surface area contributed by atoms with Gasteiger partial charge >= 0.3 is 0 Å². The van der Waals surface area contributed by atoms with Crippen LogP contribution in [0.5, 0.6) is 0 Å². The van der Waals surface area contributed by atoms with Crippen molar-refractivity contribution in [1.82, 2.24) is 0 Å². The lowest BCUT2D eigenvalue weighted by atomic mass is 9.49. The molecule has 300 valence electrons. The van der Waals surface area contributed by atoms with Crippen LogP contribution in [0.3, 0.4) is 0 Å². The van der Waals surface area contributed by atoms with Crippen LogP contribution < -0.4 is 4.90 Å². The Hall–Kier alpha value is -7.48. The average Bonchev–Trinajstić information content (AvgIpc) is 3.66. The van der Waals surface area contributed by atoms with Crippen molar-refractivity contribution in [1.29, 1.82) is 0 Å². The highest BCUT2D eigenvalue weighted by molar-refractivity contribution is 5.82. The number of benzene rings is 8. The molecule has 4 aliphatic carbocycles. The maximum Gasteiger partial charge on any atom is 0.0704 e. The first-order chi connectivity index (χ1) is 31.3.